The number of amides is 4. The van der Waals surface area contributed by atoms with Crippen molar-refractivity contribution in [3.05, 3.63) is 60.2 Å². The van der Waals surface area contributed by atoms with Crippen LogP contribution in [0.15, 0.2) is 59.5 Å². The lowest BCUT2D eigenvalue weighted by atomic mass is 9.90. The molecule has 7 heteroatoms. The second-order valence-corrected chi connectivity index (χ2v) is 9.85. The molecule has 1 saturated carbocycles. The van der Waals surface area contributed by atoms with E-state index in [9.17, 15) is 14.4 Å². The van der Waals surface area contributed by atoms with Gasteiger partial charge in [-0.2, -0.15) is 0 Å². The lowest BCUT2D eigenvalue weighted by Gasteiger charge is -2.37. The van der Waals surface area contributed by atoms with Gasteiger partial charge in [-0.15, -0.1) is 11.8 Å². The quantitative estimate of drug-likeness (QED) is 0.700. The number of urea groups is 1. The third-order valence-corrected chi connectivity index (χ3v) is 7.92. The van der Waals surface area contributed by atoms with Crippen LogP contribution >= 0.6 is 11.8 Å². The van der Waals surface area contributed by atoms with E-state index in [1.165, 1.54) is 0 Å². The third-order valence-electron chi connectivity index (χ3n) is 6.78. The van der Waals surface area contributed by atoms with Gasteiger partial charge in [-0.05, 0) is 30.5 Å². The van der Waals surface area contributed by atoms with Crippen LogP contribution in [0, 0.1) is 0 Å². The summed E-state index contributed by atoms with van der Waals surface area (Å²) in [4.78, 5) is 43.8. The predicted molar refractivity (Wildman–Crippen MR) is 125 cm³/mol. The van der Waals surface area contributed by atoms with Gasteiger partial charge >= 0.3 is 6.03 Å². The minimum Gasteiger partial charge on any atom is -0.323 e. The molecule has 2 heterocycles. The fourth-order valence-electron chi connectivity index (χ4n) is 5.12. The van der Waals surface area contributed by atoms with Crippen LogP contribution in [-0.2, 0) is 9.59 Å². The van der Waals surface area contributed by atoms with Crippen LogP contribution in [0.3, 0.4) is 0 Å². The van der Waals surface area contributed by atoms with Crippen LogP contribution < -0.4 is 10.2 Å². The average Bonchev–Trinajstić information content (AvgIpc) is 2.97. The molecule has 32 heavy (non-hydrogen) atoms. The highest BCUT2D eigenvalue weighted by Crippen LogP contribution is 2.43. The van der Waals surface area contributed by atoms with Crippen LogP contribution in [0.4, 0.5) is 10.5 Å². The minimum atomic E-state index is -0.831. The maximum atomic E-state index is 13.7. The summed E-state index contributed by atoms with van der Waals surface area (Å²) in [5.74, 6) is 0.242. The fraction of sp³-hybridized carbons (Fsp3) is 0.400. The SMILES string of the molecule is O=C1NC2(CCCCCC2)C(=O)N1CC(=O)N1c2ccccc2SCC1c1ccccc1. The molecule has 3 aliphatic rings. The standard InChI is InChI=1S/C25H27N3O3S/c29-22(16-27-23(30)25(26-24(27)31)14-8-1-2-9-15-25)28-19-12-6-7-13-21(19)32-17-20(28)18-10-4-3-5-11-18/h3-7,10-13,20H,1-2,8-9,14-17H2,(H,26,31). The van der Waals surface area contributed by atoms with Crippen molar-refractivity contribution in [2.45, 2.75) is 55.0 Å². The van der Waals surface area contributed by atoms with E-state index in [-0.39, 0.29) is 24.4 Å². The number of carbonyl (C=O) groups is 3. The van der Waals surface area contributed by atoms with Crippen molar-refractivity contribution >= 4 is 35.3 Å². The second-order valence-electron chi connectivity index (χ2n) is 8.79. The Hall–Kier alpha value is -2.80. The highest BCUT2D eigenvalue weighted by atomic mass is 32.2. The number of carbonyl (C=O) groups excluding carboxylic acids is 3. The number of rotatable bonds is 3. The summed E-state index contributed by atoms with van der Waals surface area (Å²) < 4.78 is 0. The molecule has 0 bridgehead atoms. The van der Waals surface area contributed by atoms with Gasteiger partial charge in [0, 0.05) is 10.6 Å². The summed E-state index contributed by atoms with van der Waals surface area (Å²) in [5, 5.41) is 2.94. The topological polar surface area (TPSA) is 69.7 Å². The molecule has 2 aliphatic heterocycles. The van der Waals surface area contributed by atoms with E-state index in [2.05, 4.69) is 5.32 Å². The lowest BCUT2D eigenvalue weighted by molar-refractivity contribution is -0.134. The van der Waals surface area contributed by atoms with Gasteiger partial charge in [0.15, 0.2) is 0 Å². The van der Waals surface area contributed by atoms with Crippen molar-refractivity contribution in [2.75, 3.05) is 17.2 Å². The first-order valence-corrected chi connectivity index (χ1v) is 12.3. The first-order chi connectivity index (χ1) is 15.6. The highest BCUT2D eigenvalue weighted by molar-refractivity contribution is 7.99. The zero-order chi connectivity index (χ0) is 22.1. The van der Waals surface area contributed by atoms with Crippen molar-refractivity contribution in [3.8, 4) is 0 Å². The zero-order valence-electron chi connectivity index (χ0n) is 18.0. The predicted octanol–water partition coefficient (Wildman–Crippen LogP) is 4.51. The van der Waals surface area contributed by atoms with Gasteiger partial charge in [-0.3, -0.25) is 14.5 Å². The molecule has 2 fully saturated rings. The number of fused-ring (bicyclic) bond motifs is 1. The summed E-state index contributed by atoms with van der Waals surface area (Å²) in [7, 11) is 0. The Balaban J connectivity index is 1.44. The summed E-state index contributed by atoms with van der Waals surface area (Å²) in [5.41, 5.74) is 1.04. The number of nitrogens with one attached hydrogen (secondary N) is 1. The molecule has 0 radical (unpaired) electrons. The number of nitrogens with zero attached hydrogens (tertiary/aromatic N) is 2. The molecule has 1 saturated heterocycles. The van der Waals surface area contributed by atoms with E-state index < -0.39 is 11.6 Å². The minimum absolute atomic E-state index is 0.156. The molecule has 1 atom stereocenters. The highest BCUT2D eigenvalue weighted by Gasteiger charge is 2.51. The first kappa shape index (κ1) is 21.1. The smallest absolute Gasteiger partial charge is 0.323 e. The molecule has 166 valence electrons. The number of hydrogen-bond acceptors (Lipinski definition) is 4. The van der Waals surface area contributed by atoms with Gasteiger partial charge in [0.25, 0.3) is 5.91 Å². The second kappa shape index (κ2) is 8.62. The van der Waals surface area contributed by atoms with Crippen LogP contribution in [0.25, 0.3) is 0 Å². The van der Waals surface area contributed by atoms with Gasteiger partial charge in [-0.1, -0.05) is 68.1 Å². The lowest BCUT2D eigenvalue weighted by Crippen LogP contribution is -2.48. The zero-order valence-corrected chi connectivity index (χ0v) is 18.8. The Morgan fingerprint density at radius 1 is 0.969 bits per heavy atom. The Labute approximate surface area is 192 Å². The average molecular weight is 450 g/mol. The van der Waals surface area contributed by atoms with Gasteiger partial charge < -0.3 is 10.2 Å². The van der Waals surface area contributed by atoms with Gasteiger partial charge in [0.1, 0.15) is 12.1 Å². The Bertz CT molecular complexity index is 1030. The number of anilines is 1. The largest absolute Gasteiger partial charge is 0.325 e. The molecular formula is C25H27N3O3S. The van der Waals surface area contributed by atoms with Crippen molar-refractivity contribution in [3.63, 3.8) is 0 Å². The van der Waals surface area contributed by atoms with E-state index >= 15 is 0 Å². The van der Waals surface area contributed by atoms with E-state index in [1.807, 2.05) is 54.6 Å². The molecule has 0 aromatic heterocycles. The van der Waals surface area contributed by atoms with Crippen LogP contribution in [-0.4, -0.2) is 40.6 Å². The number of imide groups is 1. The normalized spacial score (nSPS) is 22.4. The van der Waals surface area contributed by atoms with E-state index in [1.54, 1.807) is 16.7 Å². The van der Waals surface area contributed by atoms with Crippen molar-refractivity contribution < 1.29 is 14.4 Å². The summed E-state index contributed by atoms with van der Waals surface area (Å²) in [6, 6.07) is 17.2. The number of hydrogen-bond donors (Lipinski definition) is 1. The monoisotopic (exact) mass is 449 g/mol. The Morgan fingerprint density at radius 3 is 2.41 bits per heavy atom. The number of benzene rings is 2. The maximum Gasteiger partial charge on any atom is 0.325 e. The maximum absolute atomic E-state index is 13.7. The molecule has 1 aliphatic carbocycles. The molecule has 1 N–H and O–H groups in total. The Morgan fingerprint density at radius 2 is 1.66 bits per heavy atom. The molecule has 2 aromatic carbocycles. The molecule has 2 aromatic rings. The van der Waals surface area contributed by atoms with Crippen LogP contribution in [0.1, 0.15) is 50.1 Å². The first-order valence-electron chi connectivity index (χ1n) is 11.3. The van der Waals surface area contributed by atoms with Gasteiger partial charge in [0.2, 0.25) is 5.91 Å². The molecule has 1 unspecified atom stereocenters. The summed E-state index contributed by atoms with van der Waals surface area (Å²) >= 11 is 1.72. The summed E-state index contributed by atoms with van der Waals surface area (Å²) in [6.45, 7) is -0.241. The molecular weight excluding hydrogens is 422 g/mol. The van der Waals surface area contributed by atoms with Crippen molar-refractivity contribution in [2.24, 2.45) is 0 Å². The van der Waals surface area contributed by atoms with E-state index in [4.69, 9.17) is 0 Å². The molecule has 1 spiro atoms. The third kappa shape index (κ3) is 3.68. The van der Waals surface area contributed by atoms with Crippen LogP contribution in [0.5, 0.6) is 0 Å². The fourth-order valence-corrected chi connectivity index (χ4v) is 6.29. The van der Waals surface area contributed by atoms with Crippen molar-refractivity contribution in [1.29, 1.82) is 0 Å². The molecule has 6 nitrogen and oxygen atoms in total. The van der Waals surface area contributed by atoms with Crippen molar-refractivity contribution in [1.82, 2.24) is 10.2 Å². The van der Waals surface area contributed by atoms with Gasteiger partial charge in [0.05, 0.1) is 11.7 Å². The molecule has 5 rings (SSSR count). The number of thioether (sulfide) groups is 1. The summed E-state index contributed by atoms with van der Waals surface area (Å²) in [6.07, 6.45) is 5.28. The Kier molecular flexibility index (Phi) is 5.67. The van der Waals surface area contributed by atoms with Crippen LogP contribution in [0.2, 0.25) is 0 Å². The van der Waals surface area contributed by atoms with Gasteiger partial charge in [-0.25, -0.2) is 4.79 Å². The molecule has 4 amide bonds. The van der Waals surface area contributed by atoms with E-state index in [0.29, 0.717) is 12.8 Å². The number of para-hydroxylation sites is 1. The van der Waals surface area contributed by atoms with E-state index in [0.717, 1.165) is 52.5 Å².